The number of halogens is 3. The quantitative estimate of drug-likeness (QED) is 0.681. The topological polar surface area (TPSA) is 66.9 Å². The predicted molar refractivity (Wildman–Crippen MR) is 109 cm³/mol. The minimum atomic E-state index is -4.72. The number of amides is 1. The summed E-state index contributed by atoms with van der Waals surface area (Å²) < 4.78 is 45.9. The van der Waals surface area contributed by atoms with Crippen LogP contribution >= 0.6 is 0 Å². The third-order valence-electron chi connectivity index (χ3n) is 4.34. The second-order valence-electron chi connectivity index (χ2n) is 7.25. The van der Waals surface area contributed by atoms with Crippen molar-refractivity contribution in [1.82, 2.24) is 9.88 Å². The van der Waals surface area contributed by atoms with Gasteiger partial charge in [0, 0.05) is 30.3 Å². The van der Waals surface area contributed by atoms with Crippen molar-refractivity contribution in [3.05, 3.63) is 60.1 Å². The number of carbonyl (C=O) groups excluding carboxylic acids is 1. The second kappa shape index (κ2) is 9.15. The van der Waals surface area contributed by atoms with Gasteiger partial charge in [0.05, 0.1) is 12.8 Å². The van der Waals surface area contributed by atoms with E-state index in [0.717, 1.165) is 16.9 Å². The number of alkyl halides is 3. The van der Waals surface area contributed by atoms with Gasteiger partial charge in [-0.1, -0.05) is 0 Å². The van der Waals surface area contributed by atoms with E-state index in [1.54, 1.807) is 38.2 Å². The smallest absolute Gasteiger partial charge is 0.447 e. The highest BCUT2D eigenvalue weighted by Gasteiger charge is 2.31. The molecule has 31 heavy (non-hydrogen) atoms. The van der Waals surface area contributed by atoms with Gasteiger partial charge in [0.2, 0.25) is 0 Å². The number of pyridine rings is 1. The molecule has 1 aromatic carbocycles. The van der Waals surface area contributed by atoms with Crippen LogP contribution in [-0.4, -0.2) is 35.1 Å². The van der Waals surface area contributed by atoms with Gasteiger partial charge in [-0.3, -0.25) is 5.32 Å². The average molecular weight is 436 g/mol. The van der Waals surface area contributed by atoms with E-state index >= 15 is 0 Å². The Kier molecular flexibility index (Phi) is 6.57. The summed E-state index contributed by atoms with van der Waals surface area (Å²) in [6, 6.07) is 9.32. The Morgan fingerprint density at radius 1 is 1.23 bits per heavy atom. The van der Waals surface area contributed by atoms with Crippen molar-refractivity contribution in [3.8, 4) is 5.75 Å². The lowest BCUT2D eigenvalue weighted by Crippen LogP contribution is -2.26. The second-order valence-corrected chi connectivity index (χ2v) is 7.25. The molecule has 0 saturated heterocycles. The van der Waals surface area contributed by atoms with E-state index in [9.17, 15) is 18.0 Å². The summed E-state index contributed by atoms with van der Waals surface area (Å²) in [5.74, 6) is 0.127. The molecule has 166 valence electrons. The van der Waals surface area contributed by atoms with Crippen LogP contribution in [0.3, 0.4) is 0 Å². The molecule has 0 atom stereocenters. The van der Waals surface area contributed by atoms with Crippen LogP contribution in [0.15, 0.2) is 54.5 Å². The van der Waals surface area contributed by atoms with Crippen molar-refractivity contribution >= 4 is 17.6 Å². The monoisotopic (exact) mass is 436 g/mol. The van der Waals surface area contributed by atoms with Crippen molar-refractivity contribution in [3.63, 3.8) is 0 Å². The number of rotatable bonds is 6. The van der Waals surface area contributed by atoms with Gasteiger partial charge in [-0.2, -0.15) is 0 Å². The summed E-state index contributed by atoms with van der Waals surface area (Å²) in [5.41, 5.74) is 2.66. The largest absolute Gasteiger partial charge is 0.573 e. The fraction of sp³-hybridized carbons (Fsp3) is 0.333. The van der Waals surface area contributed by atoms with Gasteiger partial charge < -0.3 is 19.3 Å². The van der Waals surface area contributed by atoms with Crippen LogP contribution in [0.2, 0.25) is 0 Å². The predicted octanol–water partition coefficient (Wildman–Crippen LogP) is 5.08. The molecule has 0 radical (unpaired) electrons. The third-order valence-corrected chi connectivity index (χ3v) is 4.34. The Morgan fingerprint density at radius 3 is 2.58 bits per heavy atom. The number of benzene rings is 1. The van der Waals surface area contributed by atoms with Crippen molar-refractivity contribution in [1.29, 1.82) is 0 Å². The number of aromatic nitrogens is 1. The van der Waals surface area contributed by atoms with Crippen molar-refractivity contribution in [2.75, 3.05) is 16.9 Å². The summed E-state index contributed by atoms with van der Waals surface area (Å²) in [4.78, 5) is 19.9. The van der Waals surface area contributed by atoms with Crippen LogP contribution in [0.1, 0.15) is 26.3 Å². The van der Waals surface area contributed by atoms with Crippen LogP contribution in [0, 0.1) is 0 Å². The fourth-order valence-corrected chi connectivity index (χ4v) is 3.02. The lowest BCUT2D eigenvalue weighted by Gasteiger charge is -2.23. The Bertz CT molecular complexity index is 946. The average Bonchev–Trinajstić information content (AvgIpc) is 3.01. The van der Waals surface area contributed by atoms with Gasteiger partial charge in [0.15, 0.2) is 0 Å². The molecule has 0 bridgehead atoms. The molecule has 2 aromatic rings. The molecule has 3 rings (SSSR count). The number of nitrogens with zero attached hydrogens (tertiary/aromatic N) is 3. The molecule has 1 N–H and O–H groups in total. The zero-order chi connectivity index (χ0) is 22.6. The molecule has 1 aromatic heterocycles. The van der Waals surface area contributed by atoms with Crippen molar-refractivity contribution in [2.45, 2.75) is 39.8 Å². The van der Waals surface area contributed by atoms with Crippen molar-refractivity contribution in [2.24, 2.45) is 0 Å². The Hall–Kier alpha value is -3.43. The molecule has 7 nitrogen and oxygen atoms in total. The first-order valence-corrected chi connectivity index (χ1v) is 9.57. The van der Waals surface area contributed by atoms with Crippen LogP contribution in [0.5, 0.6) is 5.75 Å². The van der Waals surface area contributed by atoms with E-state index in [1.807, 2.05) is 24.1 Å². The first-order valence-electron chi connectivity index (χ1n) is 9.57. The molecule has 1 amide bonds. The number of allylic oxidation sites excluding steroid dienone is 1. The van der Waals surface area contributed by atoms with E-state index in [1.165, 1.54) is 12.1 Å². The molecule has 0 saturated carbocycles. The maximum absolute atomic E-state index is 12.3. The minimum Gasteiger partial charge on any atom is -0.447 e. The van der Waals surface area contributed by atoms with E-state index in [4.69, 9.17) is 4.74 Å². The van der Waals surface area contributed by atoms with Gasteiger partial charge in [0.25, 0.3) is 0 Å². The lowest BCUT2D eigenvalue weighted by atomic mass is 10.2. The van der Waals surface area contributed by atoms with Crippen molar-refractivity contribution < 1.29 is 27.4 Å². The highest BCUT2D eigenvalue weighted by atomic mass is 19.4. The summed E-state index contributed by atoms with van der Waals surface area (Å²) in [7, 11) is 0. The maximum atomic E-state index is 12.3. The SMILES string of the molecule is CC1=CN(c2ccc(OC(F)(F)F)cc2)CN1Cc1ccnc(NC(=O)OC(C)C)c1. The number of anilines is 2. The van der Waals surface area contributed by atoms with E-state index < -0.39 is 12.5 Å². The standard InChI is InChI=1S/C21H23F3N4O3/c1-14(2)30-20(29)26-19-10-16(8-9-25-19)12-27-13-28(11-15(27)3)17-4-6-18(7-5-17)31-21(22,23)24/h4-11,14H,12-13H2,1-3H3,(H,25,26,29). The number of hydrogen-bond donors (Lipinski definition) is 1. The Balaban J connectivity index is 1.61. The Morgan fingerprint density at radius 2 is 1.94 bits per heavy atom. The molecule has 1 aliphatic rings. The summed E-state index contributed by atoms with van der Waals surface area (Å²) in [6.45, 7) is 6.54. The normalized spacial score (nSPS) is 14.0. The maximum Gasteiger partial charge on any atom is 0.573 e. The zero-order valence-corrected chi connectivity index (χ0v) is 17.3. The van der Waals surface area contributed by atoms with Crippen LogP contribution in [0.4, 0.5) is 29.5 Å². The molecular formula is C21H23F3N4O3. The lowest BCUT2D eigenvalue weighted by molar-refractivity contribution is -0.274. The fourth-order valence-electron chi connectivity index (χ4n) is 3.02. The highest BCUT2D eigenvalue weighted by molar-refractivity contribution is 5.83. The summed E-state index contributed by atoms with van der Waals surface area (Å²) >= 11 is 0. The highest BCUT2D eigenvalue weighted by Crippen LogP contribution is 2.29. The molecule has 0 spiro atoms. The molecule has 2 heterocycles. The van der Waals surface area contributed by atoms with Gasteiger partial charge in [-0.15, -0.1) is 13.2 Å². The molecule has 0 fully saturated rings. The molecular weight excluding hydrogens is 413 g/mol. The first kappa shape index (κ1) is 22.3. The Labute approximate surface area is 178 Å². The molecule has 10 heteroatoms. The van der Waals surface area contributed by atoms with Crippen LogP contribution < -0.4 is 15.0 Å². The molecule has 0 aliphatic carbocycles. The minimum absolute atomic E-state index is 0.236. The van der Waals surface area contributed by atoms with E-state index in [2.05, 4.69) is 19.9 Å². The van der Waals surface area contributed by atoms with Gasteiger partial charge in [-0.25, -0.2) is 9.78 Å². The third kappa shape index (κ3) is 6.53. The van der Waals surface area contributed by atoms with Gasteiger partial charge in [-0.05, 0) is 62.7 Å². The van der Waals surface area contributed by atoms with Gasteiger partial charge in [0.1, 0.15) is 11.6 Å². The number of ether oxygens (including phenoxy) is 2. The summed E-state index contributed by atoms with van der Waals surface area (Å²) in [6.07, 6.45) is -2.00. The van der Waals surface area contributed by atoms with E-state index in [-0.39, 0.29) is 11.9 Å². The first-order chi connectivity index (χ1) is 14.6. The zero-order valence-electron chi connectivity index (χ0n) is 17.3. The van der Waals surface area contributed by atoms with Crippen LogP contribution in [0.25, 0.3) is 0 Å². The number of carbonyl (C=O) groups is 1. The summed E-state index contributed by atoms with van der Waals surface area (Å²) in [5, 5.41) is 2.60. The number of nitrogens with one attached hydrogen (secondary N) is 1. The van der Waals surface area contributed by atoms with Gasteiger partial charge >= 0.3 is 12.5 Å². The molecule has 0 unspecified atom stereocenters. The molecule has 1 aliphatic heterocycles. The van der Waals surface area contributed by atoms with Crippen LogP contribution in [-0.2, 0) is 11.3 Å². The van der Waals surface area contributed by atoms with E-state index in [0.29, 0.717) is 19.0 Å². The number of hydrogen-bond acceptors (Lipinski definition) is 6.